The SMILES string of the molecule is CCCN1C(=O)CNC1c1ccc[nH]1. The summed E-state index contributed by atoms with van der Waals surface area (Å²) in [6.07, 6.45) is 2.91. The van der Waals surface area contributed by atoms with E-state index in [1.54, 1.807) is 0 Å². The number of aromatic nitrogens is 1. The van der Waals surface area contributed by atoms with Crippen LogP contribution in [0.1, 0.15) is 25.2 Å². The number of amides is 1. The quantitative estimate of drug-likeness (QED) is 0.747. The van der Waals surface area contributed by atoms with Gasteiger partial charge in [0.05, 0.1) is 12.2 Å². The van der Waals surface area contributed by atoms with Gasteiger partial charge in [0.15, 0.2) is 0 Å². The van der Waals surface area contributed by atoms with Crippen LogP contribution >= 0.6 is 0 Å². The lowest BCUT2D eigenvalue weighted by Crippen LogP contribution is -2.31. The molecule has 0 bridgehead atoms. The van der Waals surface area contributed by atoms with Crippen LogP contribution in [0.25, 0.3) is 0 Å². The molecule has 1 saturated heterocycles. The first-order chi connectivity index (χ1) is 6.83. The van der Waals surface area contributed by atoms with Gasteiger partial charge in [-0.2, -0.15) is 0 Å². The first-order valence-corrected chi connectivity index (χ1v) is 4.99. The molecule has 1 unspecified atom stereocenters. The molecule has 4 heteroatoms. The van der Waals surface area contributed by atoms with Crippen LogP contribution in [-0.4, -0.2) is 28.9 Å². The molecule has 1 aromatic heterocycles. The molecule has 76 valence electrons. The Morgan fingerprint density at radius 2 is 2.50 bits per heavy atom. The largest absolute Gasteiger partial charge is 0.362 e. The molecular formula is C10H15N3O. The molecule has 0 aliphatic carbocycles. The molecule has 1 aliphatic heterocycles. The van der Waals surface area contributed by atoms with Crippen molar-refractivity contribution in [2.24, 2.45) is 0 Å². The number of carbonyl (C=O) groups excluding carboxylic acids is 1. The molecule has 1 fully saturated rings. The summed E-state index contributed by atoms with van der Waals surface area (Å²) < 4.78 is 0. The average molecular weight is 193 g/mol. The van der Waals surface area contributed by atoms with E-state index in [0.29, 0.717) is 6.54 Å². The molecule has 2 heterocycles. The van der Waals surface area contributed by atoms with E-state index in [4.69, 9.17) is 0 Å². The minimum Gasteiger partial charge on any atom is -0.362 e. The van der Waals surface area contributed by atoms with E-state index < -0.39 is 0 Å². The molecule has 0 spiro atoms. The summed E-state index contributed by atoms with van der Waals surface area (Å²) in [7, 11) is 0. The number of hydrogen-bond acceptors (Lipinski definition) is 2. The maximum atomic E-state index is 11.5. The van der Waals surface area contributed by atoms with Crippen molar-refractivity contribution in [1.82, 2.24) is 15.2 Å². The van der Waals surface area contributed by atoms with Crippen molar-refractivity contribution in [2.45, 2.75) is 19.5 Å². The summed E-state index contributed by atoms with van der Waals surface area (Å²) >= 11 is 0. The highest BCUT2D eigenvalue weighted by molar-refractivity contribution is 5.80. The number of rotatable bonds is 3. The van der Waals surface area contributed by atoms with E-state index in [9.17, 15) is 4.79 Å². The van der Waals surface area contributed by atoms with Crippen molar-refractivity contribution in [3.8, 4) is 0 Å². The Hall–Kier alpha value is -1.29. The third kappa shape index (κ3) is 1.53. The van der Waals surface area contributed by atoms with Gasteiger partial charge in [-0.05, 0) is 18.6 Å². The smallest absolute Gasteiger partial charge is 0.238 e. The van der Waals surface area contributed by atoms with Crippen LogP contribution in [0.2, 0.25) is 0 Å². The molecule has 1 amide bonds. The lowest BCUT2D eigenvalue weighted by Gasteiger charge is -2.22. The van der Waals surface area contributed by atoms with Gasteiger partial charge in [0.2, 0.25) is 5.91 Å². The number of nitrogens with one attached hydrogen (secondary N) is 2. The Morgan fingerprint density at radius 1 is 1.64 bits per heavy atom. The Labute approximate surface area is 83.3 Å². The van der Waals surface area contributed by atoms with Gasteiger partial charge >= 0.3 is 0 Å². The van der Waals surface area contributed by atoms with Crippen LogP contribution in [0, 0.1) is 0 Å². The standard InChI is InChI=1S/C10H15N3O/c1-2-6-13-9(14)7-12-10(13)8-4-3-5-11-8/h3-5,10-12H,2,6-7H2,1H3. The predicted octanol–water partition coefficient (Wildman–Crippen LogP) is 0.855. The van der Waals surface area contributed by atoms with Crippen LogP contribution in [-0.2, 0) is 4.79 Å². The van der Waals surface area contributed by atoms with Gasteiger partial charge in [-0.15, -0.1) is 0 Å². The zero-order chi connectivity index (χ0) is 9.97. The molecule has 1 atom stereocenters. The van der Waals surface area contributed by atoms with Gasteiger partial charge in [0.1, 0.15) is 6.17 Å². The molecule has 0 aromatic carbocycles. The summed E-state index contributed by atoms with van der Waals surface area (Å²) in [5, 5.41) is 3.19. The Balaban J connectivity index is 2.15. The zero-order valence-electron chi connectivity index (χ0n) is 8.29. The van der Waals surface area contributed by atoms with Crippen molar-refractivity contribution in [3.05, 3.63) is 24.0 Å². The average Bonchev–Trinajstić information content (AvgIpc) is 2.77. The van der Waals surface area contributed by atoms with Crippen LogP contribution < -0.4 is 5.32 Å². The topological polar surface area (TPSA) is 48.1 Å². The Kier molecular flexibility index (Phi) is 2.54. The summed E-state index contributed by atoms with van der Waals surface area (Å²) in [4.78, 5) is 16.5. The molecule has 14 heavy (non-hydrogen) atoms. The molecule has 2 rings (SSSR count). The molecule has 1 aliphatic rings. The molecule has 4 nitrogen and oxygen atoms in total. The first kappa shape index (κ1) is 9.27. The lowest BCUT2D eigenvalue weighted by atomic mass is 10.3. The number of aromatic amines is 1. The fourth-order valence-corrected chi connectivity index (χ4v) is 1.83. The van der Waals surface area contributed by atoms with Gasteiger partial charge in [0, 0.05) is 12.7 Å². The van der Waals surface area contributed by atoms with Crippen molar-refractivity contribution in [3.63, 3.8) is 0 Å². The maximum absolute atomic E-state index is 11.5. The molecule has 2 N–H and O–H groups in total. The van der Waals surface area contributed by atoms with Crippen LogP contribution in [0.5, 0.6) is 0 Å². The fraction of sp³-hybridized carbons (Fsp3) is 0.500. The highest BCUT2D eigenvalue weighted by atomic mass is 16.2. The summed E-state index contributed by atoms with van der Waals surface area (Å²) in [5.41, 5.74) is 1.06. The lowest BCUT2D eigenvalue weighted by molar-refractivity contribution is -0.128. The van der Waals surface area contributed by atoms with E-state index in [0.717, 1.165) is 18.7 Å². The molecule has 0 radical (unpaired) electrons. The highest BCUT2D eigenvalue weighted by Crippen LogP contribution is 2.20. The molecule has 0 saturated carbocycles. The Bertz CT molecular complexity index is 307. The monoisotopic (exact) mass is 193 g/mol. The first-order valence-electron chi connectivity index (χ1n) is 4.99. The van der Waals surface area contributed by atoms with E-state index in [1.165, 1.54) is 0 Å². The van der Waals surface area contributed by atoms with Crippen molar-refractivity contribution in [2.75, 3.05) is 13.1 Å². The summed E-state index contributed by atoms with van der Waals surface area (Å²) in [5.74, 6) is 0.187. The van der Waals surface area contributed by atoms with Crippen LogP contribution in [0.15, 0.2) is 18.3 Å². The fourth-order valence-electron chi connectivity index (χ4n) is 1.83. The second kappa shape index (κ2) is 3.84. The second-order valence-electron chi connectivity index (χ2n) is 3.50. The number of carbonyl (C=O) groups is 1. The second-order valence-corrected chi connectivity index (χ2v) is 3.50. The predicted molar refractivity (Wildman–Crippen MR) is 53.5 cm³/mol. The van der Waals surface area contributed by atoms with Gasteiger partial charge in [-0.3, -0.25) is 10.1 Å². The maximum Gasteiger partial charge on any atom is 0.238 e. The van der Waals surface area contributed by atoms with E-state index in [1.807, 2.05) is 23.2 Å². The van der Waals surface area contributed by atoms with Gasteiger partial charge < -0.3 is 9.88 Å². The normalized spacial score (nSPS) is 21.9. The number of H-pyrrole nitrogens is 1. The third-order valence-corrected chi connectivity index (χ3v) is 2.46. The minimum absolute atomic E-state index is 0.0393. The summed E-state index contributed by atoms with van der Waals surface area (Å²) in [6.45, 7) is 3.34. The highest BCUT2D eigenvalue weighted by Gasteiger charge is 2.30. The van der Waals surface area contributed by atoms with Crippen LogP contribution in [0.4, 0.5) is 0 Å². The van der Waals surface area contributed by atoms with Gasteiger partial charge in [-0.25, -0.2) is 0 Å². The van der Waals surface area contributed by atoms with Gasteiger partial charge in [-0.1, -0.05) is 6.92 Å². The van der Waals surface area contributed by atoms with E-state index in [2.05, 4.69) is 17.2 Å². The zero-order valence-corrected chi connectivity index (χ0v) is 8.29. The van der Waals surface area contributed by atoms with E-state index >= 15 is 0 Å². The Morgan fingerprint density at radius 3 is 3.14 bits per heavy atom. The van der Waals surface area contributed by atoms with E-state index in [-0.39, 0.29) is 12.1 Å². The third-order valence-electron chi connectivity index (χ3n) is 2.46. The molecule has 1 aromatic rings. The molecular weight excluding hydrogens is 178 g/mol. The van der Waals surface area contributed by atoms with Crippen molar-refractivity contribution in [1.29, 1.82) is 0 Å². The van der Waals surface area contributed by atoms with Crippen molar-refractivity contribution >= 4 is 5.91 Å². The number of nitrogens with zero attached hydrogens (tertiary/aromatic N) is 1. The van der Waals surface area contributed by atoms with Gasteiger partial charge in [0.25, 0.3) is 0 Å². The minimum atomic E-state index is 0.0393. The summed E-state index contributed by atoms with van der Waals surface area (Å²) in [6, 6.07) is 3.95. The van der Waals surface area contributed by atoms with Crippen LogP contribution in [0.3, 0.4) is 0 Å². The van der Waals surface area contributed by atoms with Crippen molar-refractivity contribution < 1.29 is 4.79 Å². The number of hydrogen-bond donors (Lipinski definition) is 2.